The smallest absolute Gasteiger partial charge is 0.136 e. The van der Waals surface area contributed by atoms with Crippen molar-refractivity contribution in [3.63, 3.8) is 0 Å². The van der Waals surface area contributed by atoms with Gasteiger partial charge in [-0.2, -0.15) is 0 Å². The van der Waals surface area contributed by atoms with Crippen LogP contribution in [0.5, 0.6) is 0 Å². The van der Waals surface area contributed by atoms with Gasteiger partial charge in [0.1, 0.15) is 22.3 Å². The third-order valence-corrected chi connectivity index (χ3v) is 11.2. The third kappa shape index (κ3) is 4.88. The molecule has 0 amide bonds. The number of rotatable bonds is 3. The number of fused-ring (bicyclic) bond motifs is 10. The first kappa shape index (κ1) is 30.7. The van der Waals surface area contributed by atoms with Crippen LogP contribution in [0.25, 0.3) is 98.5 Å². The molecular formula is C52H34O2. The Labute approximate surface area is 312 Å². The van der Waals surface area contributed by atoms with Gasteiger partial charge in [-0.15, -0.1) is 0 Å². The van der Waals surface area contributed by atoms with Gasteiger partial charge in [-0.1, -0.05) is 146 Å². The van der Waals surface area contributed by atoms with Crippen molar-refractivity contribution in [2.75, 3.05) is 0 Å². The van der Waals surface area contributed by atoms with E-state index in [4.69, 9.17) is 8.83 Å². The molecule has 1 aliphatic carbocycles. The predicted molar refractivity (Wildman–Crippen MR) is 229 cm³/mol. The van der Waals surface area contributed by atoms with Crippen LogP contribution in [0.3, 0.4) is 0 Å². The molecule has 0 bridgehead atoms. The van der Waals surface area contributed by atoms with Crippen LogP contribution in [0.2, 0.25) is 0 Å². The third-order valence-electron chi connectivity index (χ3n) is 11.2. The van der Waals surface area contributed by atoms with Gasteiger partial charge in [0.2, 0.25) is 0 Å². The summed E-state index contributed by atoms with van der Waals surface area (Å²) in [5, 5.41) is 11.8. The minimum absolute atomic E-state index is 0.830. The lowest BCUT2D eigenvalue weighted by atomic mass is 9.84. The van der Waals surface area contributed by atoms with E-state index in [0.29, 0.717) is 0 Å². The molecule has 54 heavy (non-hydrogen) atoms. The maximum absolute atomic E-state index is 6.54. The van der Waals surface area contributed by atoms with Crippen LogP contribution in [0.4, 0.5) is 0 Å². The zero-order chi connectivity index (χ0) is 35.6. The molecule has 0 aliphatic heterocycles. The molecule has 11 rings (SSSR count). The Bertz CT molecular complexity index is 3200. The van der Waals surface area contributed by atoms with E-state index in [0.717, 1.165) is 62.1 Å². The topological polar surface area (TPSA) is 26.3 Å². The van der Waals surface area contributed by atoms with Gasteiger partial charge >= 0.3 is 0 Å². The van der Waals surface area contributed by atoms with Crippen LogP contribution in [-0.4, -0.2) is 0 Å². The molecule has 2 aromatic heterocycles. The van der Waals surface area contributed by atoms with E-state index >= 15 is 0 Å². The molecule has 254 valence electrons. The Morgan fingerprint density at radius 3 is 1.69 bits per heavy atom. The largest absolute Gasteiger partial charge is 0.456 e. The number of para-hydroxylation sites is 1. The zero-order valence-electron chi connectivity index (χ0n) is 29.6. The Kier molecular flexibility index (Phi) is 7.03. The highest BCUT2D eigenvalue weighted by Gasteiger charge is 2.19. The van der Waals surface area contributed by atoms with E-state index in [1.165, 1.54) is 60.3 Å². The van der Waals surface area contributed by atoms with Gasteiger partial charge in [0.25, 0.3) is 0 Å². The second-order valence-electron chi connectivity index (χ2n) is 14.3. The first-order chi connectivity index (χ1) is 26.8. The van der Waals surface area contributed by atoms with Crippen molar-refractivity contribution in [1.29, 1.82) is 0 Å². The zero-order valence-corrected chi connectivity index (χ0v) is 29.6. The quantitative estimate of drug-likeness (QED) is 0.173. The molecule has 0 saturated carbocycles. The van der Waals surface area contributed by atoms with Gasteiger partial charge in [0.15, 0.2) is 0 Å². The fourth-order valence-corrected chi connectivity index (χ4v) is 8.69. The first-order valence-electron chi connectivity index (χ1n) is 18.7. The first-order valence-corrected chi connectivity index (χ1v) is 18.7. The highest BCUT2D eigenvalue weighted by molar-refractivity contribution is 6.24. The summed E-state index contributed by atoms with van der Waals surface area (Å²) >= 11 is 0. The van der Waals surface area contributed by atoms with Gasteiger partial charge in [0.05, 0.1) is 0 Å². The van der Waals surface area contributed by atoms with Crippen LogP contribution in [0, 0.1) is 0 Å². The molecular weight excluding hydrogens is 657 g/mol. The normalized spacial score (nSPS) is 17.0. The molecule has 2 heterocycles. The summed E-state index contributed by atoms with van der Waals surface area (Å²) in [7, 11) is 0. The number of hydrogen-bond acceptors (Lipinski definition) is 2. The SMILES string of the molecule is C1=C\C/C(c2ccccc2)=C\C=C(\c2c3ccccc3c(-c3ccc4oc5cc6ccc7oc8ccccc8c7c6cc5c4c3)c3ccccc23)C\C=C/1. The van der Waals surface area contributed by atoms with Crippen molar-refractivity contribution < 1.29 is 8.83 Å². The minimum atomic E-state index is 0.830. The summed E-state index contributed by atoms with van der Waals surface area (Å²) in [5.41, 5.74) is 11.1. The highest BCUT2D eigenvalue weighted by atomic mass is 16.3. The van der Waals surface area contributed by atoms with Crippen LogP contribution in [0.1, 0.15) is 24.0 Å². The van der Waals surface area contributed by atoms with Gasteiger partial charge in [-0.25, -0.2) is 0 Å². The van der Waals surface area contributed by atoms with Crippen molar-refractivity contribution in [1.82, 2.24) is 0 Å². The molecule has 0 unspecified atom stereocenters. The van der Waals surface area contributed by atoms with E-state index in [-0.39, 0.29) is 0 Å². The lowest BCUT2D eigenvalue weighted by molar-refractivity contribution is 0.668. The Hall–Kier alpha value is -6.90. The maximum Gasteiger partial charge on any atom is 0.136 e. The molecule has 8 aromatic carbocycles. The van der Waals surface area contributed by atoms with Gasteiger partial charge in [0, 0.05) is 21.5 Å². The summed E-state index contributed by atoms with van der Waals surface area (Å²) in [4.78, 5) is 0. The second-order valence-corrected chi connectivity index (χ2v) is 14.3. The average Bonchev–Trinajstić information content (AvgIpc) is 3.79. The summed E-state index contributed by atoms with van der Waals surface area (Å²) in [6.45, 7) is 0. The monoisotopic (exact) mass is 690 g/mol. The lowest BCUT2D eigenvalue weighted by Crippen LogP contribution is -1.94. The van der Waals surface area contributed by atoms with Crippen molar-refractivity contribution in [2.45, 2.75) is 12.8 Å². The highest BCUT2D eigenvalue weighted by Crippen LogP contribution is 2.45. The fourth-order valence-electron chi connectivity index (χ4n) is 8.69. The van der Waals surface area contributed by atoms with Crippen LogP contribution >= 0.6 is 0 Å². The molecule has 0 spiro atoms. The van der Waals surface area contributed by atoms with E-state index < -0.39 is 0 Å². The number of benzene rings is 8. The number of hydrogen-bond donors (Lipinski definition) is 0. The van der Waals surface area contributed by atoms with Crippen LogP contribution in [0.15, 0.2) is 191 Å². The Morgan fingerprint density at radius 2 is 0.926 bits per heavy atom. The van der Waals surface area contributed by atoms with Crippen molar-refractivity contribution in [3.05, 3.63) is 193 Å². The maximum atomic E-state index is 6.54. The Balaban J connectivity index is 1.14. The second kappa shape index (κ2) is 12.4. The van der Waals surface area contributed by atoms with Crippen molar-refractivity contribution in [3.8, 4) is 11.1 Å². The molecule has 0 saturated heterocycles. The Morgan fingerprint density at radius 1 is 0.352 bits per heavy atom. The number of allylic oxidation sites excluding steroid dienone is 8. The van der Waals surface area contributed by atoms with Crippen LogP contribution in [-0.2, 0) is 0 Å². The van der Waals surface area contributed by atoms with E-state index in [1.54, 1.807) is 0 Å². The summed E-state index contributed by atoms with van der Waals surface area (Å²) < 4.78 is 12.8. The fraction of sp³-hybridized carbons (Fsp3) is 0.0385. The molecule has 1 aliphatic rings. The average molecular weight is 691 g/mol. The van der Waals surface area contributed by atoms with E-state index in [2.05, 4.69) is 170 Å². The minimum Gasteiger partial charge on any atom is -0.456 e. The van der Waals surface area contributed by atoms with Crippen molar-refractivity contribution in [2.24, 2.45) is 0 Å². The van der Waals surface area contributed by atoms with Gasteiger partial charge in [-0.3, -0.25) is 0 Å². The molecule has 0 fully saturated rings. The molecule has 0 N–H and O–H groups in total. The molecule has 0 atom stereocenters. The van der Waals surface area contributed by atoms with E-state index in [9.17, 15) is 0 Å². The summed E-state index contributed by atoms with van der Waals surface area (Å²) in [6.07, 6.45) is 15.3. The predicted octanol–water partition coefficient (Wildman–Crippen LogP) is 15.0. The number of furan rings is 2. The standard InChI is InChI=1S/C52H34O2/c1-2-5-17-35(25-24-34(16-4-1)33-14-6-3-7-15-33)50-38-18-8-10-20-40(38)51(41-21-11-9-19-39(41)50)37-27-28-47-44(30-37)45-32-43-36(31-49(45)54-47)26-29-48-52(43)42-22-12-13-23-46(42)53-48/h1-15,18-32H,16-17H2/b4-1-,5-2-,34-24+,35-25+. The molecule has 2 heteroatoms. The van der Waals surface area contributed by atoms with Crippen LogP contribution < -0.4 is 0 Å². The molecule has 0 radical (unpaired) electrons. The van der Waals surface area contributed by atoms with Gasteiger partial charge < -0.3 is 8.83 Å². The molecule has 10 aromatic rings. The van der Waals surface area contributed by atoms with Crippen molar-refractivity contribution >= 4 is 87.3 Å². The lowest BCUT2D eigenvalue weighted by Gasteiger charge is -2.19. The summed E-state index contributed by atoms with van der Waals surface area (Å²) in [5.74, 6) is 0. The van der Waals surface area contributed by atoms with E-state index in [1.807, 2.05) is 12.1 Å². The summed E-state index contributed by atoms with van der Waals surface area (Å²) in [6, 6.07) is 52.3. The van der Waals surface area contributed by atoms with Gasteiger partial charge in [-0.05, 0) is 115 Å². The molecule has 2 nitrogen and oxygen atoms in total.